The number of hydrogen-bond acceptors (Lipinski definition) is 3. The number of hydrogen-bond donors (Lipinski definition) is 1. The Labute approximate surface area is 106 Å². The zero-order valence-electron chi connectivity index (χ0n) is 9.93. The summed E-state index contributed by atoms with van der Waals surface area (Å²) in [5, 5.41) is 2.09. The molecule has 17 heavy (non-hydrogen) atoms. The molecule has 90 valence electrons. The van der Waals surface area contributed by atoms with Gasteiger partial charge in [0.15, 0.2) is 0 Å². The Morgan fingerprint density at radius 1 is 1.29 bits per heavy atom. The molecule has 0 radical (unpaired) electrons. The molecule has 1 aromatic heterocycles. The second-order valence-electron chi connectivity index (χ2n) is 4.04. The fraction of sp³-hybridized carbons (Fsp3) is 0.286. The second-order valence-corrected chi connectivity index (χ2v) is 5.07. The summed E-state index contributed by atoms with van der Waals surface area (Å²) in [4.78, 5) is 1.35. The standard InChI is InChI=1S/C14H17NOS/c1-11(15)12-4-2-5-13(10-12)16-8-7-14-6-3-9-17-14/h2-6,9-11H,7-8,15H2,1H3/t11-/m0/s1. The maximum atomic E-state index is 5.83. The lowest BCUT2D eigenvalue weighted by Gasteiger charge is -2.09. The minimum absolute atomic E-state index is 0.0517. The van der Waals surface area contributed by atoms with Crippen molar-refractivity contribution >= 4 is 11.3 Å². The summed E-state index contributed by atoms with van der Waals surface area (Å²) in [6, 6.07) is 12.2. The van der Waals surface area contributed by atoms with Crippen molar-refractivity contribution < 1.29 is 4.74 Å². The number of rotatable bonds is 5. The predicted molar refractivity (Wildman–Crippen MR) is 72.6 cm³/mol. The van der Waals surface area contributed by atoms with Crippen LogP contribution in [0.5, 0.6) is 5.75 Å². The molecular weight excluding hydrogens is 230 g/mol. The molecule has 0 fully saturated rings. The van der Waals surface area contributed by atoms with Crippen molar-refractivity contribution in [1.82, 2.24) is 0 Å². The van der Waals surface area contributed by atoms with Crippen LogP contribution in [0, 0.1) is 0 Å². The van der Waals surface area contributed by atoms with E-state index >= 15 is 0 Å². The fourth-order valence-electron chi connectivity index (χ4n) is 1.61. The molecule has 1 heterocycles. The van der Waals surface area contributed by atoms with Crippen LogP contribution >= 0.6 is 11.3 Å². The van der Waals surface area contributed by atoms with E-state index in [0.29, 0.717) is 6.61 Å². The highest BCUT2D eigenvalue weighted by Crippen LogP contribution is 2.18. The molecule has 0 amide bonds. The third-order valence-electron chi connectivity index (χ3n) is 2.58. The summed E-state index contributed by atoms with van der Waals surface area (Å²) in [7, 11) is 0. The van der Waals surface area contributed by atoms with Gasteiger partial charge in [-0.15, -0.1) is 11.3 Å². The van der Waals surface area contributed by atoms with E-state index in [0.717, 1.165) is 17.7 Å². The van der Waals surface area contributed by atoms with E-state index in [4.69, 9.17) is 10.5 Å². The van der Waals surface area contributed by atoms with Crippen LogP contribution in [0.25, 0.3) is 0 Å². The first-order chi connectivity index (χ1) is 8.25. The van der Waals surface area contributed by atoms with Crippen LogP contribution in [0.15, 0.2) is 41.8 Å². The summed E-state index contributed by atoms with van der Waals surface area (Å²) >= 11 is 1.77. The first-order valence-corrected chi connectivity index (χ1v) is 6.64. The average molecular weight is 247 g/mol. The van der Waals surface area contributed by atoms with Gasteiger partial charge in [0.05, 0.1) is 6.61 Å². The molecular formula is C14H17NOS. The van der Waals surface area contributed by atoms with Crippen LogP contribution in [0.4, 0.5) is 0 Å². The Balaban J connectivity index is 1.88. The molecule has 0 spiro atoms. The summed E-state index contributed by atoms with van der Waals surface area (Å²) in [5.41, 5.74) is 6.94. The molecule has 0 aliphatic rings. The fourth-order valence-corrected chi connectivity index (χ4v) is 2.30. The van der Waals surface area contributed by atoms with Crippen molar-refractivity contribution in [2.24, 2.45) is 5.73 Å². The van der Waals surface area contributed by atoms with Gasteiger partial charge in [-0.2, -0.15) is 0 Å². The van der Waals surface area contributed by atoms with Crippen molar-refractivity contribution in [3.63, 3.8) is 0 Å². The van der Waals surface area contributed by atoms with Crippen LogP contribution in [0.3, 0.4) is 0 Å². The summed E-state index contributed by atoms with van der Waals surface area (Å²) in [6.07, 6.45) is 0.958. The van der Waals surface area contributed by atoms with Gasteiger partial charge in [0, 0.05) is 17.3 Å². The van der Waals surface area contributed by atoms with Crippen LogP contribution in [-0.2, 0) is 6.42 Å². The van der Waals surface area contributed by atoms with E-state index in [-0.39, 0.29) is 6.04 Å². The van der Waals surface area contributed by atoms with Crippen LogP contribution in [0.2, 0.25) is 0 Å². The van der Waals surface area contributed by atoms with Gasteiger partial charge in [0.25, 0.3) is 0 Å². The summed E-state index contributed by atoms with van der Waals surface area (Å²) in [6.45, 7) is 2.69. The van der Waals surface area contributed by atoms with Gasteiger partial charge in [-0.1, -0.05) is 18.2 Å². The first kappa shape index (κ1) is 12.1. The van der Waals surface area contributed by atoms with E-state index in [1.807, 2.05) is 31.2 Å². The molecule has 3 heteroatoms. The molecule has 0 saturated heterocycles. The quantitative estimate of drug-likeness (QED) is 0.879. The van der Waals surface area contributed by atoms with Gasteiger partial charge in [0.1, 0.15) is 5.75 Å². The summed E-state index contributed by atoms with van der Waals surface area (Å²) in [5.74, 6) is 0.899. The van der Waals surface area contributed by atoms with Crippen molar-refractivity contribution in [1.29, 1.82) is 0 Å². The van der Waals surface area contributed by atoms with Gasteiger partial charge in [-0.3, -0.25) is 0 Å². The molecule has 0 saturated carbocycles. The average Bonchev–Trinajstić information content (AvgIpc) is 2.82. The number of nitrogens with two attached hydrogens (primary N) is 1. The molecule has 1 aromatic carbocycles. The lowest BCUT2D eigenvalue weighted by molar-refractivity contribution is 0.322. The molecule has 0 bridgehead atoms. The third-order valence-corrected chi connectivity index (χ3v) is 3.52. The SMILES string of the molecule is C[C@H](N)c1cccc(OCCc2cccs2)c1. The van der Waals surface area contributed by atoms with Crippen LogP contribution in [0.1, 0.15) is 23.4 Å². The van der Waals surface area contributed by atoms with E-state index in [2.05, 4.69) is 17.5 Å². The molecule has 2 N–H and O–H groups in total. The third kappa shape index (κ3) is 3.58. The Bertz CT molecular complexity index is 451. The number of benzene rings is 1. The molecule has 0 aliphatic heterocycles. The van der Waals surface area contributed by atoms with Crippen molar-refractivity contribution in [3.05, 3.63) is 52.2 Å². The van der Waals surface area contributed by atoms with Crippen molar-refractivity contribution in [2.45, 2.75) is 19.4 Å². The smallest absolute Gasteiger partial charge is 0.119 e. The molecule has 0 aliphatic carbocycles. The van der Waals surface area contributed by atoms with Gasteiger partial charge >= 0.3 is 0 Å². The lowest BCUT2D eigenvalue weighted by Crippen LogP contribution is -2.05. The first-order valence-electron chi connectivity index (χ1n) is 5.76. The molecule has 1 atom stereocenters. The Morgan fingerprint density at radius 2 is 2.18 bits per heavy atom. The van der Waals surface area contributed by atoms with Crippen molar-refractivity contribution in [2.75, 3.05) is 6.61 Å². The number of thiophene rings is 1. The van der Waals surface area contributed by atoms with Gasteiger partial charge < -0.3 is 10.5 Å². The largest absolute Gasteiger partial charge is 0.493 e. The van der Waals surface area contributed by atoms with E-state index in [9.17, 15) is 0 Å². The maximum Gasteiger partial charge on any atom is 0.119 e. The summed E-state index contributed by atoms with van der Waals surface area (Å²) < 4.78 is 5.72. The second kappa shape index (κ2) is 5.84. The van der Waals surface area contributed by atoms with Crippen LogP contribution in [-0.4, -0.2) is 6.61 Å². The molecule has 0 unspecified atom stereocenters. The van der Waals surface area contributed by atoms with Crippen LogP contribution < -0.4 is 10.5 Å². The highest BCUT2D eigenvalue weighted by atomic mass is 32.1. The van der Waals surface area contributed by atoms with E-state index in [1.54, 1.807) is 11.3 Å². The van der Waals surface area contributed by atoms with E-state index in [1.165, 1.54) is 4.88 Å². The Kier molecular flexibility index (Phi) is 4.18. The Hall–Kier alpha value is -1.32. The zero-order valence-corrected chi connectivity index (χ0v) is 10.7. The van der Waals surface area contributed by atoms with E-state index < -0.39 is 0 Å². The minimum atomic E-state index is 0.0517. The highest BCUT2D eigenvalue weighted by molar-refractivity contribution is 7.09. The molecule has 2 rings (SSSR count). The van der Waals surface area contributed by atoms with Gasteiger partial charge in [-0.05, 0) is 36.1 Å². The normalized spacial score (nSPS) is 12.4. The Morgan fingerprint density at radius 3 is 2.88 bits per heavy atom. The van der Waals surface area contributed by atoms with Crippen molar-refractivity contribution in [3.8, 4) is 5.75 Å². The predicted octanol–water partition coefficient (Wildman–Crippen LogP) is 3.39. The molecule has 2 aromatic rings. The number of ether oxygens (including phenoxy) is 1. The lowest BCUT2D eigenvalue weighted by atomic mass is 10.1. The highest BCUT2D eigenvalue weighted by Gasteiger charge is 2.01. The molecule has 2 nitrogen and oxygen atoms in total. The maximum absolute atomic E-state index is 5.83. The minimum Gasteiger partial charge on any atom is -0.493 e. The monoisotopic (exact) mass is 247 g/mol. The topological polar surface area (TPSA) is 35.2 Å². The van der Waals surface area contributed by atoms with Gasteiger partial charge in [0.2, 0.25) is 0 Å². The zero-order chi connectivity index (χ0) is 12.1. The van der Waals surface area contributed by atoms with Gasteiger partial charge in [-0.25, -0.2) is 0 Å².